The van der Waals surface area contributed by atoms with Gasteiger partial charge in [0, 0.05) is 5.57 Å². The zero-order valence-electron chi connectivity index (χ0n) is 11.8. The van der Waals surface area contributed by atoms with Gasteiger partial charge in [-0.1, -0.05) is 38.5 Å². The highest BCUT2D eigenvalue weighted by molar-refractivity contribution is 5.86. The maximum atomic E-state index is 11.3. The standard InChI is InChI=1S/C16H24O2/c1-11-7-9-15(3)8-5-6-13(12(2)14(17)18)16(15,4)10-11/h10,13H,2,5-9H2,1,3-4H3,(H,17,18)/t13?,15-,16-/m1/s1. The molecule has 18 heavy (non-hydrogen) atoms. The molecular weight excluding hydrogens is 224 g/mol. The molecule has 0 radical (unpaired) electrons. The summed E-state index contributed by atoms with van der Waals surface area (Å²) in [6, 6.07) is 0. The summed E-state index contributed by atoms with van der Waals surface area (Å²) in [4.78, 5) is 11.3. The number of carboxylic acids is 1. The lowest BCUT2D eigenvalue weighted by Crippen LogP contribution is -2.48. The van der Waals surface area contributed by atoms with E-state index in [1.54, 1.807) is 0 Å². The minimum Gasteiger partial charge on any atom is -0.478 e. The third-order valence-electron chi connectivity index (χ3n) is 5.56. The molecule has 0 aromatic rings. The molecule has 1 unspecified atom stereocenters. The van der Waals surface area contributed by atoms with Gasteiger partial charge in [0.25, 0.3) is 0 Å². The van der Waals surface area contributed by atoms with Gasteiger partial charge in [0.15, 0.2) is 0 Å². The second-order valence-electron chi connectivity index (χ2n) is 6.61. The second-order valence-corrected chi connectivity index (χ2v) is 6.61. The number of hydrogen-bond donors (Lipinski definition) is 1. The topological polar surface area (TPSA) is 37.3 Å². The van der Waals surface area contributed by atoms with E-state index in [2.05, 4.69) is 33.4 Å². The van der Waals surface area contributed by atoms with Gasteiger partial charge in [-0.15, -0.1) is 0 Å². The van der Waals surface area contributed by atoms with E-state index in [1.807, 2.05) is 0 Å². The largest absolute Gasteiger partial charge is 0.478 e. The van der Waals surface area contributed by atoms with E-state index in [-0.39, 0.29) is 16.7 Å². The highest BCUT2D eigenvalue weighted by Crippen LogP contribution is 2.61. The van der Waals surface area contributed by atoms with Crippen molar-refractivity contribution in [3.63, 3.8) is 0 Å². The van der Waals surface area contributed by atoms with Crippen LogP contribution in [0.1, 0.15) is 52.9 Å². The minimum absolute atomic E-state index is 0.0386. The van der Waals surface area contributed by atoms with Gasteiger partial charge >= 0.3 is 5.97 Å². The predicted molar refractivity (Wildman–Crippen MR) is 73.3 cm³/mol. The Bertz CT molecular complexity index is 421. The van der Waals surface area contributed by atoms with Crippen LogP contribution in [0.4, 0.5) is 0 Å². The molecular formula is C16H24O2. The highest BCUT2D eigenvalue weighted by Gasteiger charge is 2.52. The van der Waals surface area contributed by atoms with Crippen LogP contribution in [-0.2, 0) is 4.79 Å². The number of aliphatic carboxylic acids is 1. The zero-order chi connectivity index (χ0) is 13.6. The normalized spacial score (nSPS) is 39.7. The van der Waals surface area contributed by atoms with Crippen molar-refractivity contribution < 1.29 is 9.90 Å². The molecule has 1 saturated carbocycles. The molecule has 1 fully saturated rings. The molecule has 2 aliphatic carbocycles. The molecule has 2 nitrogen and oxygen atoms in total. The van der Waals surface area contributed by atoms with Gasteiger partial charge < -0.3 is 5.11 Å². The number of carbonyl (C=O) groups is 1. The molecule has 0 aromatic heterocycles. The molecule has 0 aliphatic heterocycles. The molecule has 2 heteroatoms. The molecule has 0 spiro atoms. The highest BCUT2D eigenvalue weighted by atomic mass is 16.4. The molecule has 0 heterocycles. The number of hydrogen-bond acceptors (Lipinski definition) is 1. The summed E-state index contributed by atoms with van der Waals surface area (Å²) in [7, 11) is 0. The molecule has 2 aliphatic rings. The van der Waals surface area contributed by atoms with Gasteiger partial charge in [-0.2, -0.15) is 0 Å². The van der Waals surface area contributed by atoms with Crippen molar-refractivity contribution >= 4 is 5.97 Å². The third kappa shape index (κ3) is 1.82. The van der Waals surface area contributed by atoms with Crippen LogP contribution in [0.2, 0.25) is 0 Å². The molecule has 3 atom stereocenters. The van der Waals surface area contributed by atoms with Crippen molar-refractivity contribution in [1.29, 1.82) is 0 Å². The van der Waals surface area contributed by atoms with Crippen LogP contribution >= 0.6 is 0 Å². The number of rotatable bonds is 2. The SMILES string of the molecule is C=C(C(=O)O)C1CCC[C@]2(C)CCC(C)=C[C@]12C. The van der Waals surface area contributed by atoms with E-state index < -0.39 is 5.97 Å². The lowest BCUT2D eigenvalue weighted by molar-refractivity contribution is -0.134. The lowest BCUT2D eigenvalue weighted by atomic mass is 9.48. The van der Waals surface area contributed by atoms with Crippen LogP contribution in [0, 0.1) is 16.7 Å². The van der Waals surface area contributed by atoms with Crippen molar-refractivity contribution in [2.45, 2.75) is 52.9 Å². The predicted octanol–water partition coefficient (Wildman–Crippen LogP) is 4.18. The van der Waals surface area contributed by atoms with E-state index in [0.717, 1.165) is 19.3 Å². The fourth-order valence-electron chi connectivity index (χ4n) is 4.10. The molecule has 0 aromatic carbocycles. The molecule has 0 saturated heterocycles. The minimum atomic E-state index is -0.831. The van der Waals surface area contributed by atoms with Gasteiger partial charge in [-0.3, -0.25) is 0 Å². The molecule has 1 N–H and O–H groups in total. The van der Waals surface area contributed by atoms with Gasteiger partial charge in [0.2, 0.25) is 0 Å². The molecule has 0 amide bonds. The maximum absolute atomic E-state index is 11.3. The van der Waals surface area contributed by atoms with Crippen LogP contribution in [0.25, 0.3) is 0 Å². The van der Waals surface area contributed by atoms with Gasteiger partial charge in [0.1, 0.15) is 0 Å². The van der Waals surface area contributed by atoms with Crippen LogP contribution < -0.4 is 0 Å². The van der Waals surface area contributed by atoms with E-state index in [1.165, 1.54) is 18.4 Å². The summed E-state index contributed by atoms with van der Waals surface area (Å²) in [5, 5.41) is 9.27. The van der Waals surface area contributed by atoms with Crippen molar-refractivity contribution in [3.8, 4) is 0 Å². The Morgan fingerprint density at radius 1 is 1.44 bits per heavy atom. The first kappa shape index (κ1) is 13.4. The summed E-state index contributed by atoms with van der Waals surface area (Å²) in [6.45, 7) is 10.6. The van der Waals surface area contributed by atoms with Crippen molar-refractivity contribution in [2.24, 2.45) is 16.7 Å². The van der Waals surface area contributed by atoms with E-state index >= 15 is 0 Å². The number of carboxylic acid groups (broad SMARTS) is 1. The fraction of sp³-hybridized carbons (Fsp3) is 0.688. The summed E-state index contributed by atoms with van der Waals surface area (Å²) in [6.07, 6.45) is 7.95. The van der Waals surface area contributed by atoms with E-state index in [9.17, 15) is 9.90 Å². The van der Waals surface area contributed by atoms with Gasteiger partial charge in [-0.05, 0) is 49.4 Å². The summed E-state index contributed by atoms with van der Waals surface area (Å²) < 4.78 is 0. The first-order chi connectivity index (χ1) is 8.30. The van der Waals surface area contributed by atoms with Crippen molar-refractivity contribution in [2.75, 3.05) is 0 Å². The fourth-order valence-corrected chi connectivity index (χ4v) is 4.10. The van der Waals surface area contributed by atoms with Crippen molar-refractivity contribution in [1.82, 2.24) is 0 Å². The first-order valence-corrected chi connectivity index (χ1v) is 6.90. The average Bonchev–Trinajstić information content (AvgIpc) is 2.28. The summed E-state index contributed by atoms with van der Waals surface area (Å²) in [5.41, 5.74) is 1.99. The number of fused-ring (bicyclic) bond motifs is 1. The average molecular weight is 248 g/mol. The molecule has 0 bridgehead atoms. The maximum Gasteiger partial charge on any atom is 0.331 e. The van der Waals surface area contributed by atoms with E-state index in [4.69, 9.17) is 0 Å². The molecule has 100 valence electrons. The Hall–Kier alpha value is -1.05. The van der Waals surface area contributed by atoms with Gasteiger partial charge in [0.05, 0.1) is 0 Å². The Morgan fingerprint density at radius 2 is 2.11 bits per heavy atom. The van der Waals surface area contributed by atoms with Crippen LogP contribution in [0.15, 0.2) is 23.8 Å². The first-order valence-electron chi connectivity index (χ1n) is 6.90. The quantitative estimate of drug-likeness (QED) is 0.588. The Kier molecular flexibility index (Phi) is 3.16. The van der Waals surface area contributed by atoms with Gasteiger partial charge in [-0.25, -0.2) is 4.79 Å². The second kappa shape index (κ2) is 4.25. The lowest BCUT2D eigenvalue weighted by Gasteiger charge is -2.56. The zero-order valence-corrected chi connectivity index (χ0v) is 11.8. The third-order valence-corrected chi connectivity index (χ3v) is 5.56. The van der Waals surface area contributed by atoms with Crippen LogP contribution in [-0.4, -0.2) is 11.1 Å². The Balaban J connectivity index is 2.45. The summed E-state index contributed by atoms with van der Waals surface area (Å²) >= 11 is 0. The molecule has 2 rings (SSSR count). The number of allylic oxidation sites excluding steroid dienone is 2. The Labute approximate surface area is 110 Å². The summed E-state index contributed by atoms with van der Waals surface area (Å²) in [5.74, 6) is -0.744. The Morgan fingerprint density at radius 3 is 2.72 bits per heavy atom. The van der Waals surface area contributed by atoms with Crippen LogP contribution in [0.3, 0.4) is 0 Å². The monoisotopic (exact) mass is 248 g/mol. The smallest absolute Gasteiger partial charge is 0.331 e. The van der Waals surface area contributed by atoms with Crippen LogP contribution in [0.5, 0.6) is 0 Å². The van der Waals surface area contributed by atoms with Crippen molar-refractivity contribution in [3.05, 3.63) is 23.8 Å². The van der Waals surface area contributed by atoms with E-state index in [0.29, 0.717) is 5.57 Å².